The molecule has 91 heavy (non-hydrogen) atoms. The van der Waals surface area contributed by atoms with Gasteiger partial charge >= 0.3 is 5.97 Å². The van der Waals surface area contributed by atoms with Gasteiger partial charge in [0.2, 0.25) is 11.9 Å². The summed E-state index contributed by atoms with van der Waals surface area (Å²) in [6, 6.07) is 30.4. The van der Waals surface area contributed by atoms with Crippen molar-refractivity contribution in [3.8, 4) is 5.75 Å². The van der Waals surface area contributed by atoms with Crippen LogP contribution in [0.1, 0.15) is 197 Å². The van der Waals surface area contributed by atoms with Crippen molar-refractivity contribution in [3.63, 3.8) is 0 Å². The molecule has 488 valence electrons. The highest BCUT2D eigenvalue weighted by Gasteiger charge is 2.29. The van der Waals surface area contributed by atoms with Crippen LogP contribution >= 0.6 is 0 Å². The number of benzene rings is 1. The predicted octanol–water partition coefficient (Wildman–Crippen LogP) is 14.1. The second-order valence-electron chi connectivity index (χ2n) is 25.8. The van der Waals surface area contributed by atoms with Crippen LogP contribution in [0.4, 0.5) is 35.2 Å². The summed E-state index contributed by atoms with van der Waals surface area (Å²) in [6.07, 6.45) is 32.0. The number of likely N-dealkylation sites (tertiary alicyclic amines) is 2. The lowest BCUT2D eigenvalue weighted by molar-refractivity contribution is -0.135. The number of nitrogens with two attached hydrogens (primary N) is 1. The molecule has 0 atom stereocenters. The van der Waals surface area contributed by atoms with E-state index in [1.165, 1.54) is 62.8 Å². The van der Waals surface area contributed by atoms with E-state index in [1.54, 1.807) is 12.4 Å². The van der Waals surface area contributed by atoms with E-state index in [4.69, 9.17) is 10.5 Å². The van der Waals surface area contributed by atoms with Gasteiger partial charge in [0.15, 0.2) is 11.6 Å². The van der Waals surface area contributed by atoms with Crippen molar-refractivity contribution in [2.45, 2.75) is 206 Å². The van der Waals surface area contributed by atoms with Crippen molar-refractivity contribution in [2.75, 3.05) is 47.4 Å². The monoisotopic (exact) mass is 1240 g/mol. The number of hydrogen-bond acceptors (Lipinski definition) is 18. The van der Waals surface area contributed by atoms with Crippen molar-refractivity contribution in [3.05, 3.63) is 139 Å². The Morgan fingerprint density at radius 1 is 0.484 bits per heavy atom. The highest BCUT2D eigenvalue weighted by molar-refractivity contribution is 5.79. The van der Waals surface area contributed by atoms with E-state index in [2.05, 4.69) is 112 Å². The summed E-state index contributed by atoms with van der Waals surface area (Å²) < 4.78 is 5.44. The fraction of sp³-hybridized carbons (Fsp3) is 0.549. The number of H-pyrrole nitrogens is 2. The molecule has 1 aromatic carbocycles. The molecule has 0 unspecified atom stereocenters. The molecule has 6 fully saturated rings. The first-order valence-electron chi connectivity index (χ1n) is 33.3. The number of carbonyl (C=O) groups excluding carboxylic acids is 2. The molecule has 8 heterocycles. The molecule has 20 heteroatoms. The Balaban J connectivity index is 0.000000176. The average Bonchev–Trinajstić information content (AvgIpc) is 4.20. The fourth-order valence-corrected chi connectivity index (χ4v) is 13.9. The number of aromatic amines is 2. The Bertz CT molecular complexity index is 3200. The molecule has 2 aliphatic heterocycles. The van der Waals surface area contributed by atoms with Crippen molar-refractivity contribution in [1.82, 2.24) is 60.1 Å². The van der Waals surface area contributed by atoms with Gasteiger partial charge in [-0.1, -0.05) is 70.9 Å². The lowest BCUT2D eigenvalue weighted by Crippen LogP contribution is -2.39. The predicted molar refractivity (Wildman–Crippen MR) is 362 cm³/mol. The Morgan fingerprint density at radius 2 is 0.923 bits per heavy atom. The largest absolute Gasteiger partial charge is 0.427 e. The first-order chi connectivity index (χ1) is 43.7. The first kappa shape index (κ1) is 67.7. The second-order valence-corrected chi connectivity index (χ2v) is 25.8. The Labute approximate surface area is 539 Å². The molecule has 2 saturated heterocycles. The summed E-state index contributed by atoms with van der Waals surface area (Å²) in [5.41, 5.74) is 10.6. The fourth-order valence-electron chi connectivity index (χ4n) is 13.9. The molecule has 0 amide bonds. The molecule has 13 rings (SSSR count). The van der Waals surface area contributed by atoms with Crippen molar-refractivity contribution < 1.29 is 14.3 Å². The van der Waals surface area contributed by atoms with Crippen molar-refractivity contribution in [1.29, 1.82) is 0 Å². The minimum Gasteiger partial charge on any atom is -0.427 e. The van der Waals surface area contributed by atoms with E-state index in [0.717, 1.165) is 164 Å². The highest BCUT2D eigenvalue weighted by Crippen LogP contribution is 2.36. The number of para-hydroxylation sites is 1. The number of piperidine rings is 2. The van der Waals surface area contributed by atoms with Gasteiger partial charge in [0, 0.05) is 124 Å². The average molecular weight is 1240 g/mol. The molecular weight excluding hydrogens is 1140 g/mol. The van der Waals surface area contributed by atoms with Gasteiger partial charge in [0.05, 0.1) is 11.4 Å². The molecule has 0 bridgehead atoms. The topological polar surface area (TPSA) is 259 Å². The zero-order valence-electron chi connectivity index (χ0n) is 51.9. The van der Waals surface area contributed by atoms with Gasteiger partial charge in [0.1, 0.15) is 23.2 Å². The van der Waals surface area contributed by atoms with Crippen LogP contribution in [0.2, 0.25) is 0 Å². The van der Waals surface area contributed by atoms with E-state index in [1.807, 2.05) is 73.1 Å². The van der Waals surface area contributed by atoms with Crippen LogP contribution in [0.25, 0.3) is 0 Å². The number of aromatic nitrogens is 10. The summed E-state index contributed by atoms with van der Waals surface area (Å²) in [7, 11) is 0. The molecule has 6 aromatic heterocycles. The number of pyridine rings is 2. The quantitative estimate of drug-likeness (QED) is 0.0261. The van der Waals surface area contributed by atoms with E-state index >= 15 is 0 Å². The van der Waals surface area contributed by atoms with E-state index in [0.29, 0.717) is 77.6 Å². The van der Waals surface area contributed by atoms with Gasteiger partial charge in [-0.15, -0.1) is 0 Å². The molecule has 0 spiro atoms. The maximum absolute atomic E-state index is 12.9. The number of Topliss-reactive ketones (excluding diaryl/α,β-unsaturated/α-hetero) is 1. The normalized spacial score (nSPS) is 20.9. The lowest BCUT2D eigenvalue weighted by atomic mass is 9.81. The Kier molecular flexibility index (Phi) is 26.2. The van der Waals surface area contributed by atoms with Gasteiger partial charge in [-0.3, -0.25) is 39.6 Å². The minimum atomic E-state index is -0.154. The van der Waals surface area contributed by atoms with Crippen LogP contribution in [-0.2, 0) is 22.7 Å². The third kappa shape index (κ3) is 21.7. The number of ketones is 1. The van der Waals surface area contributed by atoms with Crippen LogP contribution in [0.5, 0.6) is 5.75 Å². The number of nitrogens with zero attached hydrogens (tertiary/aromatic N) is 10. The molecule has 20 nitrogen and oxygen atoms in total. The number of ether oxygens (including phenoxy) is 1. The molecule has 6 aliphatic rings. The van der Waals surface area contributed by atoms with Crippen LogP contribution in [-0.4, -0.2) is 116 Å². The maximum atomic E-state index is 12.9. The zero-order valence-corrected chi connectivity index (χ0v) is 51.9. The maximum Gasteiger partial charge on any atom is 0.311 e. The summed E-state index contributed by atoms with van der Waals surface area (Å²) in [4.78, 5) is 57.0. The van der Waals surface area contributed by atoms with E-state index < -0.39 is 0 Å². The first-order valence-corrected chi connectivity index (χ1v) is 33.3. The van der Waals surface area contributed by atoms with Crippen molar-refractivity contribution in [2.24, 2.45) is 23.5 Å². The van der Waals surface area contributed by atoms with Crippen LogP contribution < -0.4 is 31.7 Å². The van der Waals surface area contributed by atoms with Gasteiger partial charge in [-0.05, 0) is 182 Å². The van der Waals surface area contributed by atoms with Crippen LogP contribution in [0, 0.1) is 17.8 Å². The Hall–Kier alpha value is -7.68. The number of hydrogen-bond donors (Lipinski definition) is 7. The van der Waals surface area contributed by atoms with Gasteiger partial charge < -0.3 is 31.7 Å². The summed E-state index contributed by atoms with van der Waals surface area (Å²) in [5, 5.41) is 28.8. The van der Waals surface area contributed by atoms with Crippen LogP contribution in [0.15, 0.2) is 116 Å². The summed E-state index contributed by atoms with van der Waals surface area (Å²) >= 11 is 0. The minimum absolute atomic E-state index is 0. The Morgan fingerprint density at radius 3 is 1.38 bits per heavy atom. The molecule has 4 aliphatic carbocycles. The van der Waals surface area contributed by atoms with Gasteiger partial charge in [0.25, 0.3) is 0 Å². The highest BCUT2D eigenvalue weighted by atomic mass is 16.5. The molecule has 7 aromatic rings. The van der Waals surface area contributed by atoms with E-state index in [-0.39, 0.29) is 20.8 Å². The van der Waals surface area contributed by atoms with Crippen molar-refractivity contribution >= 4 is 46.9 Å². The lowest BCUT2D eigenvalue weighted by Gasteiger charge is -2.32. The van der Waals surface area contributed by atoms with E-state index in [9.17, 15) is 9.59 Å². The van der Waals surface area contributed by atoms with Crippen LogP contribution in [0.3, 0.4) is 0 Å². The number of carbonyl (C=O) groups is 2. The molecular formula is C71H101N17O3. The zero-order chi connectivity index (χ0) is 60.8. The third-order valence-electron chi connectivity index (χ3n) is 19.0. The number of esters is 1. The third-order valence-corrected chi connectivity index (χ3v) is 19.0. The number of rotatable bonds is 21. The smallest absolute Gasteiger partial charge is 0.311 e. The SMILES string of the molecule is C.C.NC1CCN(Cc2ccccn2)CC1.O=C(CC1CCC(Nc2nccc(Nc3cc(C4CCCC4)[nH]n3)n2)CC1)CC1CCN(Cc2ccccn2)CC1.O=C(CC1CCC(Nc2nccc(Nc3cc(C4CCCC4)[nH]n3)n2)CC1)Oc1ccccc1. The number of nitrogens with one attached hydrogen (secondary N) is 6. The summed E-state index contributed by atoms with van der Waals surface area (Å²) in [6.45, 7) is 6.22. The standard InChI is InChI=1S/C32H44N8O.C26H32N6O2.C11H17N3.2CH4/c41-28(20-24-13-17-40(18-14-24)22-27-7-3-4-15-33-27)19-23-8-10-26(11-9-23)35-32-34-16-12-30(37-32)36-31-21-29(38-39-31)25-5-1-2-6-25;33-25(34-21-8-2-1-3-9-21)16-18-10-12-20(13-11-18)28-26-27-15-14-23(30-26)29-24-17-22(31-32-24)19-6-4-5-7-19;12-10-4-7-14(8-5-10)9-11-3-1-2-6-13-11;;/h3-4,7,12,15-16,21,23-26H,1-2,5-6,8-11,13-14,17-20,22H2,(H3,34,35,36,37,38,39);1-3,8-9,14-15,17-20H,4-7,10-13,16H2,(H3,27,28,29,30,31,32);1-3,6,10H,4-5,7-9,12H2;2*1H4. The van der Waals surface area contributed by atoms with Gasteiger partial charge in [-0.25, -0.2) is 9.97 Å². The molecule has 4 saturated carbocycles. The second kappa shape index (κ2) is 35.2. The van der Waals surface area contributed by atoms with Gasteiger partial charge in [-0.2, -0.15) is 20.2 Å². The summed E-state index contributed by atoms with van der Waals surface area (Å²) in [5.74, 6) is 7.84. The number of anilines is 6. The molecule has 8 N–H and O–H groups in total. The molecule has 0 radical (unpaired) electrons.